The van der Waals surface area contributed by atoms with Gasteiger partial charge in [-0.1, -0.05) is 18.2 Å². The van der Waals surface area contributed by atoms with Crippen molar-refractivity contribution in [1.29, 1.82) is 0 Å². The second-order valence-electron chi connectivity index (χ2n) is 5.93. The summed E-state index contributed by atoms with van der Waals surface area (Å²) in [5.41, 5.74) is 0.502. The molecule has 25 heavy (non-hydrogen) atoms. The van der Waals surface area contributed by atoms with Gasteiger partial charge in [0.05, 0.1) is 0 Å². The van der Waals surface area contributed by atoms with E-state index < -0.39 is 38.4 Å². The van der Waals surface area contributed by atoms with Gasteiger partial charge in [-0.3, -0.25) is 0 Å². The zero-order chi connectivity index (χ0) is 18.0. The van der Waals surface area contributed by atoms with Crippen molar-refractivity contribution in [3.05, 3.63) is 65.5 Å². The highest BCUT2D eigenvalue weighted by Gasteiger charge is 2.31. The largest absolute Gasteiger partial charge is 0.315 e. The molecule has 2 unspecified atom stereocenters. The number of hydrogen-bond acceptors (Lipinski definition) is 3. The fourth-order valence-corrected chi connectivity index (χ4v) is 4.41. The van der Waals surface area contributed by atoms with E-state index >= 15 is 0 Å². The van der Waals surface area contributed by atoms with Gasteiger partial charge in [-0.05, 0) is 42.8 Å². The number of hydrogen-bond donors (Lipinski definition) is 2. The van der Waals surface area contributed by atoms with Crippen LogP contribution in [0.4, 0.5) is 13.2 Å². The topological polar surface area (TPSA) is 58.2 Å². The fraction of sp³-hybridized carbons (Fsp3) is 0.294. The van der Waals surface area contributed by atoms with Crippen LogP contribution in [0.2, 0.25) is 0 Å². The molecule has 8 heteroatoms. The lowest BCUT2D eigenvalue weighted by atomic mass is 9.86. The van der Waals surface area contributed by atoms with Crippen LogP contribution >= 0.6 is 0 Å². The third-order valence-electron chi connectivity index (χ3n) is 4.29. The van der Waals surface area contributed by atoms with Crippen LogP contribution in [0, 0.1) is 17.5 Å². The van der Waals surface area contributed by atoms with Gasteiger partial charge in [0.25, 0.3) is 0 Å². The minimum atomic E-state index is -4.08. The second kappa shape index (κ2) is 7.15. The molecule has 0 aromatic heterocycles. The normalized spacial score (nSPS) is 21.2. The molecule has 2 N–H and O–H groups in total. The number of piperidine rings is 1. The SMILES string of the molecule is O=S(=O)(NC1CNCCC1c1ccc(F)c(F)c1)c1ccccc1F. The van der Waals surface area contributed by atoms with Crippen molar-refractivity contribution >= 4 is 10.0 Å². The van der Waals surface area contributed by atoms with Crippen LogP contribution in [0.25, 0.3) is 0 Å². The molecule has 3 rings (SSSR count). The Bertz CT molecular complexity index is 874. The lowest BCUT2D eigenvalue weighted by molar-refractivity contribution is 0.375. The predicted octanol–water partition coefficient (Wildman–Crippen LogP) is 2.53. The molecular weight excluding hydrogens is 353 g/mol. The van der Waals surface area contributed by atoms with E-state index in [0.29, 0.717) is 25.1 Å². The molecule has 1 saturated heterocycles. The Morgan fingerprint density at radius 1 is 1.00 bits per heavy atom. The maximum absolute atomic E-state index is 13.8. The molecule has 1 aliphatic heterocycles. The van der Waals surface area contributed by atoms with E-state index in [4.69, 9.17) is 0 Å². The smallest absolute Gasteiger partial charge is 0.243 e. The predicted molar refractivity (Wildman–Crippen MR) is 87.1 cm³/mol. The third-order valence-corrected chi connectivity index (χ3v) is 5.81. The number of halogens is 3. The molecule has 134 valence electrons. The average Bonchev–Trinajstić information content (AvgIpc) is 2.58. The summed E-state index contributed by atoms with van der Waals surface area (Å²) in [6.45, 7) is 0.916. The molecule has 0 bridgehead atoms. The summed E-state index contributed by atoms with van der Waals surface area (Å²) in [6.07, 6.45) is 0.537. The van der Waals surface area contributed by atoms with Crippen molar-refractivity contribution in [2.75, 3.05) is 13.1 Å². The van der Waals surface area contributed by atoms with Crippen molar-refractivity contribution < 1.29 is 21.6 Å². The van der Waals surface area contributed by atoms with E-state index in [9.17, 15) is 21.6 Å². The molecule has 0 saturated carbocycles. The van der Waals surface area contributed by atoms with Crippen LogP contribution in [0.3, 0.4) is 0 Å². The fourth-order valence-electron chi connectivity index (χ4n) is 3.05. The molecular formula is C17H17F3N2O2S. The van der Waals surface area contributed by atoms with E-state index in [0.717, 1.165) is 18.2 Å². The molecule has 1 fully saturated rings. The Morgan fingerprint density at radius 2 is 1.76 bits per heavy atom. The monoisotopic (exact) mass is 370 g/mol. The summed E-state index contributed by atoms with van der Waals surface area (Å²) in [5.74, 6) is -3.13. The van der Waals surface area contributed by atoms with Crippen LogP contribution in [-0.2, 0) is 10.0 Å². The van der Waals surface area contributed by atoms with Gasteiger partial charge in [0.1, 0.15) is 10.7 Å². The second-order valence-corrected chi connectivity index (χ2v) is 7.61. The van der Waals surface area contributed by atoms with Gasteiger partial charge in [0.15, 0.2) is 11.6 Å². The Morgan fingerprint density at radius 3 is 2.48 bits per heavy atom. The Labute approximate surface area is 144 Å². The molecule has 1 aliphatic rings. The summed E-state index contributed by atoms with van der Waals surface area (Å²) in [5, 5.41) is 3.06. The maximum Gasteiger partial charge on any atom is 0.243 e. The molecule has 0 spiro atoms. The Balaban J connectivity index is 1.89. The van der Waals surface area contributed by atoms with Crippen molar-refractivity contribution in [1.82, 2.24) is 10.0 Å². The highest BCUT2D eigenvalue weighted by Crippen LogP contribution is 2.28. The quantitative estimate of drug-likeness (QED) is 0.870. The summed E-state index contributed by atoms with van der Waals surface area (Å²) in [4.78, 5) is -0.440. The zero-order valence-corrected chi connectivity index (χ0v) is 14.0. The molecule has 0 radical (unpaired) electrons. The van der Waals surface area contributed by atoms with Gasteiger partial charge in [-0.25, -0.2) is 26.3 Å². The van der Waals surface area contributed by atoms with Crippen molar-refractivity contribution in [3.63, 3.8) is 0 Å². The van der Waals surface area contributed by atoms with Crippen LogP contribution in [-0.4, -0.2) is 27.5 Å². The lowest BCUT2D eigenvalue weighted by Gasteiger charge is -2.33. The molecule has 4 nitrogen and oxygen atoms in total. The van der Waals surface area contributed by atoms with E-state index in [-0.39, 0.29) is 5.92 Å². The first-order chi connectivity index (χ1) is 11.9. The van der Waals surface area contributed by atoms with E-state index in [2.05, 4.69) is 10.0 Å². The van der Waals surface area contributed by atoms with E-state index in [1.165, 1.54) is 24.3 Å². The Kier molecular flexibility index (Phi) is 5.12. The highest BCUT2D eigenvalue weighted by molar-refractivity contribution is 7.89. The van der Waals surface area contributed by atoms with Crippen LogP contribution in [0.15, 0.2) is 47.4 Å². The number of rotatable bonds is 4. The lowest BCUT2D eigenvalue weighted by Crippen LogP contribution is -2.50. The van der Waals surface area contributed by atoms with Gasteiger partial charge < -0.3 is 5.32 Å². The average molecular weight is 370 g/mol. The van der Waals surface area contributed by atoms with Gasteiger partial charge in [0.2, 0.25) is 10.0 Å². The van der Waals surface area contributed by atoms with E-state index in [1.807, 2.05) is 0 Å². The summed E-state index contributed by atoms with van der Waals surface area (Å²) in [7, 11) is -4.08. The molecule has 1 heterocycles. The van der Waals surface area contributed by atoms with Crippen molar-refractivity contribution in [2.45, 2.75) is 23.3 Å². The molecule has 0 aliphatic carbocycles. The Hall–Kier alpha value is -1.90. The molecule has 2 aromatic rings. The number of sulfonamides is 1. The van der Waals surface area contributed by atoms with Crippen molar-refractivity contribution in [2.24, 2.45) is 0 Å². The first kappa shape index (κ1) is 17.9. The molecule has 0 amide bonds. The minimum Gasteiger partial charge on any atom is -0.315 e. The van der Waals surface area contributed by atoms with Gasteiger partial charge in [0, 0.05) is 18.5 Å². The summed E-state index contributed by atoms with van der Waals surface area (Å²) in [6, 6.07) is 8.03. The maximum atomic E-state index is 13.8. The highest BCUT2D eigenvalue weighted by atomic mass is 32.2. The molecule has 2 aromatic carbocycles. The van der Waals surface area contributed by atoms with Crippen LogP contribution in [0.5, 0.6) is 0 Å². The van der Waals surface area contributed by atoms with Crippen LogP contribution in [0.1, 0.15) is 17.9 Å². The first-order valence-electron chi connectivity index (χ1n) is 7.81. The third kappa shape index (κ3) is 3.86. The summed E-state index contributed by atoms with van der Waals surface area (Å²) < 4.78 is 68.0. The van der Waals surface area contributed by atoms with Gasteiger partial charge >= 0.3 is 0 Å². The number of benzene rings is 2. The first-order valence-corrected chi connectivity index (χ1v) is 9.29. The zero-order valence-electron chi connectivity index (χ0n) is 13.2. The minimum absolute atomic E-state index is 0.303. The van der Waals surface area contributed by atoms with Gasteiger partial charge in [-0.15, -0.1) is 0 Å². The van der Waals surface area contributed by atoms with Crippen molar-refractivity contribution in [3.8, 4) is 0 Å². The molecule has 2 atom stereocenters. The number of nitrogens with one attached hydrogen (secondary N) is 2. The standard InChI is InChI=1S/C17H17F3N2O2S/c18-13-6-5-11(9-15(13)20)12-7-8-21-10-16(12)22-25(23,24)17-4-2-1-3-14(17)19/h1-6,9,12,16,21-22H,7-8,10H2. The van der Waals surface area contributed by atoms with Crippen LogP contribution < -0.4 is 10.0 Å². The van der Waals surface area contributed by atoms with Gasteiger partial charge in [-0.2, -0.15) is 0 Å². The van der Waals surface area contributed by atoms with E-state index in [1.54, 1.807) is 0 Å². The summed E-state index contributed by atoms with van der Waals surface area (Å²) >= 11 is 0.